The van der Waals surface area contributed by atoms with Gasteiger partial charge >= 0.3 is 5.97 Å². The van der Waals surface area contributed by atoms with Crippen molar-refractivity contribution in [3.05, 3.63) is 0 Å². The molecule has 0 radical (unpaired) electrons. The summed E-state index contributed by atoms with van der Waals surface area (Å²) in [6.07, 6.45) is 5.73. The molecule has 0 aromatic rings. The van der Waals surface area contributed by atoms with Gasteiger partial charge in [-0.05, 0) is 37.5 Å². The molecule has 0 bridgehead atoms. The van der Waals surface area contributed by atoms with E-state index in [1.165, 1.54) is 0 Å². The predicted molar refractivity (Wildman–Crippen MR) is 86.1 cm³/mol. The Balaban J connectivity index is 4.16. The van der Waals surface area contributed by atoms with Crippen LogP contribution in [0.2, 0.25) is 0 Å². The van der Waals surface area contributed by atoms with Crippen molar-refractivity contribution < 1.29 is 14.7 Å². The molecule has 0 aliphatic rings. The van der Waals surface area contributed by atoms with Crippen molar-refractivity contribution >= 4 is 11.9 Å². The average Bonchev–Trinajstić information content (AvgIpc) is 2.41. The Morgan fingerprint density at radius 2 is 1.57 bits per heavy atom. The van der Waals surface area contributed by atoms with E-state index in [0.717, 1.165) is 32.1 Å². The van der Waals surface area contributed by atoms with Gasteiger partial charge in [0.05, 0.1) is 0 Å². The highest BCUT2D eigenvalue weighted by atomic mass is 16.4. The zero-order valence-corrected chi connectivity index (χ0v) is 14.2. The molecule has 1 amide bonds. The van der Waals surface area contributed by atoms with Gasteiger partial charge in [-0.1, -0.05) is 40.5 Å². The van der Waals surface area contributed by atoms with Crippen molar-refractivity contribution in [3.8, 4) is 0 Å². The quantitative estimate of drug-likeness (QED) is 0.575. The van der Waals surface area contributed by atoms with Gasteiger partial charge in [0.1, 0.15) is 0 Å². The summed E-state index contributed by atoms with van der Waals surface area (Å²) in [5.74, 6) is 0.368. The molecule has 0 aromatic carbocycles. The van der Waals surface area contributed by atoms with Gasteiger partial charge < -0.3 is 10.4 Å². The number of carbonyl (C=O) groups is 2. The largest absolute Gasteiger partial charge is 0.481 e. The minimum Gasteiger partial charge on any atom is -0.481 e. The molecule has 1 atom stereocenters. The molecule has 0 saturated heterocycles. The van der Waals surface area contributed by atoms with Crippen molar-refractivity contribution in [2.75, 3.05) is 6.54 Å². The van der Waals surface area contributed by atoms with E-state index in [-0.39, 0.29) is 18.2 Å². The first-order valence-electron chi connectivity index (χ1n) is 8.41. The Kier molecular flexibility index (Phi) is 11.0. The summed E-state index contributed by atoms with van der Waals surface area (Å²) in [6.45, 7) is 9.11. The molecule has 0 saturated carbocycles. The van der Waals surface area contributed by atoms with Crippen LogP contribution in [0.15, 0.2) is 0 Å². The first-order chi connectivity index (χ1) is 9.92. The fourth-order valence-electron chi connectivity index (χ4n) is 2.75. The van der Waals surface area contributed by atoms with Gasteiger partial charge in [0.2, 0.25) is 5.91 Å². The number of amides is 1. The monoisotopic (exact) mass is 299 g/mol. The summed E-state index contributed by atoms with van der Waals surface area (Å²) in [4.78, 5) is 22.8. The molecule has 1 unspecified atom stereocenters. The molecule has 0 heterocycles. The highest BCUT2D eigenvalue weighted by Crippen LogP contribution is 2.21. The summed E-state index contributed by atoms with van der Waals surface area (Å²) in [7, 11) is 0. The van der Waals surface area contributed by atoms with Crippen LogP contribution in [0, 0.1) is 17.8 Å². The van der Waals surface area contributed by atoms with E-state index in [4.69, 9.17) is 5.11 Å². The maximum absolute atomic E-state index is 12.1. The third-order valence-corrected chi connectivity index (χ3v) is 4.13. The highest BCUT2D eigenvalue weighted by molar-refractivity contribution is 5.78. The Morgan fingerprint density at radius 1 is 1.00 bits per heavy atom. The van der Waals surface area contributed by atoms with Crippen LogP contribution in [-0.2, 0) is 9.59 Å². The van der Waals surface area contributed by atoms with Gasteiger partial charge in [-0.15, -0.1) is 0 Å². The van der Waals surface area contributed by atoms with Crippen LogP contribution in [0.3, 0.4) is 0 Å². The van der Waals surface area contributed by atoms with Crippen LogP contribution < -0.4 is 5.32 Å². The van der Waals surface area contributed by atoms with Crippen LogP contribution in [-0.4, -0.2) is 23.5 Å². The molecule has 124 valence electrons. The molecule has 21 heavy (non-hydrogen) atoms. The minimum absolute atomic E-state index is 0.136. The van der Waals surface area contributed by atoms with Crippen LogP contribution in [0.25, 0.3) is 0 Å². The van der Waals surface area contributed by atoms with Crippen LogP contribution >= 0.6 is 0 Å². The van der Waals surface area contributed by atoms with E-state index < -0.39 is 5.97 Å². The van der Waals surface area contributed by atoms with Gasteiger partial charge in [0.15, 0.2) is 0 Å². The Labute approximate surface area is 129 Å². The van der Waals surface area contributed by atoms with Gasteiger partial charge in [0.25, 0.3) is 0 Å². The number of carboxylic acids is 1. The lowest BCUT2D eigenvalue weighted by Crippen LogP contribution is -2.32. The van der Waals surface area contributed by atoms with Crippen molar-refractivity contribution in [2.45, 2.75) is 72.6 Å². The number of hydrogen-bond donors (Lipinski definition) is 2. The van der Waals surface area contributed by atoms with Crippen molar-refractivity contribution in [1.82, 2.24) is 5.32 Å². The Bertz CT molecular complexity index is 296. The fourth-order valence-corrected chi connectivity index (χ4v) is 2.75. The van der Waals surface area contributed by atoms with Crippen molar-refractivity contribution in [3.63, 3.8) is 0 Å². The fraction of sp³-hybridized carbons (Fsp3) is 0.882. The molecule has 0 aromatic heterocycles. The standard InChI is InChI=1S/C17H33NO3/c1-5-7-15(8-6-2)17(21)18-12-11-14(13(3)4)9-10-16(19)20/h13-15H,5-12H2,1-4H3,(H,18,21)(H,19,20). The summed E-state index contributed by atoms with van der Waals surface area (Å²) >= 11 is 0. The van der Waals surface area contributed by atoms with E-state index >= 15 is 0 Å². The second-order valence-corrected chi connectivity index (χ2v) is 6.29. The lowest BCUT2D eigenvalue weighted by Gasteiger charge is -2.21. The molecule has 2 N–H and O–H groups in total. The summed E-state index contributed by atoms with van der Waals surface area (Å²) in [5.41, 5.74) is 0. The molecule has 0 aliphatic heterocycles. The third kappa shape index (κ3) is 9.48. The molecule has 4 heteroatoms. The van der Waals surface area contributed by atoms with E-state index in [1.54, 1.807) is 0 Å². The number of carboxylic acid groups (broad SMARTS) is 1. The SMILES string of the molecule is CCCC(CCC)C(=O)NCCC(CCC(=O)O)C(C)C. The van der Waals surface area contributed by atoms with Gasteiger partial charge in [-0.3, -0.25) is 9.59 Å². The lowest BCUT2D eigenvalue weighted by molar-refractivity contribution is -0.137. The summed E-state index contributed by atoms with van der Waals surface area (Å²) < 4.78 is 0. The van der Waals surface area contributed by atoms with E-state index in [2.05, 4.69) is 33.0 Å². The van der Waals surface area contributed by atoms with Crippen LogP contribution in [0.5, 0.6) is 0 Å². The smallest absolute Gasteiger partial charge is 0.303 e. The normalized spacial score (nSPS) is 12.7. The molecule has 4 nitrogen and oxygen atoms in total. The number of rotatable bonds is 12. The second kappa shape index (κ2) is 11.6. The number of nitrogens with one attached hydrogen (secondary N) is 1. The zero-order valence-electron chi connectivity index (χ0n) is 14.2. The van der Waals surface area contributed by atoms with E-state index in [1.807, 2.05) is 0 Å². The van der Waals surface area contributed by atoms with Crippen LogP contribution in [0.1, 0.15) is 72.6 Å². The number of aliphatic carboxylic acids is 1. The Hall–Kier alpha value is -1.06. The number of hydrogen-bond acceptors (Lipinski definition) is 2. The second-order valence-electron chi connectivity index (χ2n) is 6.29. The molecule has 0 aliphatic carbocycles. The summed E-state index contributed by atoms with van der Waals surface area (Å²) in [6, 6.07) is 0. The number of carbonyl (C=O) groups excluding carboxylic acids is 1. The van der Waals surface area contributed by atoms with Gasteiger partial charge in [0, 0.05) is 18.9 Å². The van der Waals surface area contributed by atoms with E-state index in [0.29, 0.717) is 24.8 Å². The molecule has 0 rings (SSSR count). The highest BCUT2D eigenvalue weighted by Gasteiger charge is 2.18. The molecule has 0 fully saturated rings. The molecule has 0 spiro atoms. The first kappa shape index (κ1) is 19.9. The van der Waals surface area contributed by atoms with Gasteiger partial charge in [-0.2, -0.15) is 0 Å². The molecular weight excluding hydrogens is 266 g/mol. The van der Waals surface area contributed by atoms with Crippen molar-refractivity contribution in [2.24, 2.45) is 17.8 Å². The Morgan fingerprint density at radius 3 is 2.00 bits per heavy atom. The average molecular weight is 299 g/mol. The zero-order chi connectivity index (χ0) is 16.3. The van der Waals surface area contributed by atoms with Crippen LogP contribution in [0.4, 0.5) is 0 Å². The van der Waals surface area contributed by atoms with Gasteiger partial charge in [-0.25, -0.2) is 0 Å². The van der Waals surface area contributed by atoms with Crippen molar-refractivity contribution in [1.29, 1.82) is 0 Å². The third-order valence-electron chi connectivity index (χ3n) is 4.13. The maximum Gasteiger partial charge on any atom is 0.303 e. The topological polar surface area (TPSA) is 66.4 Å². The first-order valence-corrected chi connectivity index (χ1v) is 8.41. The predicted octanol–water partition coefficient (Wildman–Crippen LogP) is 3.85. The lowest BCUT2D eigenvalue weighted by atomic mass is 9.88. The van der Waals surface area contributed by atoms with E-state index in [9.17, 15) is 9.59 Å². The maximum atomic E-state index is 12.1. The molecular formula is C17H33NO3. The summed E-state index contributed by atoms with van der Waals surface area (Å²) in [5, 5.41) is 11.8. The minimum atomic E-state index is -0.740.